The highest BCUT2D eigenvalue weighted by Crippen LogP contribution is 2.33. The largest absolute Gasteiger partial charge is 0.491 e. The molecule has 0 unspecified atom stereocenters. The van der Waals surface area contributed by atoms with Gasteiger partial charge in [0, 0.05) is 56.3 Å². The van der Waals surface area contributed by atoms with Crippen LogP contribution in [0.4, 0.5) is 8.78 Å². The summed E-state index contributed by atoms with van der Waals surface area (Å²) >= 11 is 0. The first kappa shape index (κ1) is 22.3. The van der Waals surface area contributed by atoms with E-state index in [1.165, 1.54) is 10.7 Å². The smallest absolute Gasteiger partial charge is 0.423 e. The van der Waals surface area contributed by atoms with Crippen molar-refractivity contribution in [2.75, 3.05) is 6.61 Å². The number of nitrogens with zero attached hydrogens (tertiary/aromatic N) is 4. The van der Waals surface area contributed by atoms with Crippen molar-refractivity contribution in [3.05, 3.63) is 42.4 Å². The van der Waals surface area contributed by atoms with E-state index >= 15 is 0 Å². The Morgan fingerprint density at radius 1 is 1.10 bits per heavy atom. The normalized spacial score (nSPS) is 11.9. The van der Waals surface area contributed by atoms with Gasteiger partial charge in [-0.15, -0.1) is 0 Å². The van der Waals surface area contributed by atoms with Gasteiger partial charge < -0.3 is 14.8 Å². The van der Waals surface area contributed by atoms with Gasteiger partial charge in [-0.05, 0) is 6.04 Å². The lowest BCUT2D eigenvalue weighted by molar-refractivity contribution is 0.0788. The quantitative estimate of drug-likeness (QED) is 0.420. The highest BCUT2D eigenvalue weighted by Gasteiger charge is 2.25. The van der Waals surface area contributed by atoms with Crippen molar-refractivity contribution in [2.45, 2.75) is 32.4 Å². The Bertz CT molecular complexity index is 1030. The highest BCUT2D eigenvalue weighted by molar-refractivity contribution is 6.76. The molecule has 0 saturated carbocycles. The van der Waals surface area contributed by atoms with Gasteiger partial charge in [0.05, 0.1) is 6.20 Å². The zero-order chi connectivity index (χ0) is 22.1. The summed E-state index contributed by atoms with van der Waals surface area (Å²) in [6, 6.07) is 3.45. The van der Waals surface area contributed by atoms with E-state index in [2.05, 4.69) is 29.8 Å². The third-order valence-corrected chi connectivity index (χ3v) is 6.34. The number of aryl methyl sites for hydroxylation is 1. The molecule has 0 bridgehead atoms. The number of halogens is 2. The summed E-state index contributed by atoms with van der Waals surface area (Å²) in [4.78, 5) is 0. The summed E-state index contributed by atoms with van der Waals surface area (Å²) in [5.74, 6) is -2.48. The second-order valence-electron chi connectivity index (χ2n) is 8.39. The van der Waals surface area contributed by atoms with E-state index in [0.717, 1.165) is 12.1 Å². The Kier molecular flexibility index (Phi) is 6.56. The minimum atomic E-state index is -2.10. The van der Waals surface area contributed by atoms with Gasteiger partial charge >= 0.3 is 7.12 Å². The Balaban J connectivity index is 1.97. The Hall–Kier alpha value is -2.34. The first-order chi connectivity index (χ1) is 14.1. The topological polar surface area (TPSA) is 85.3 Å². The summed E-state index contributed by atoms with van der Waals surface area (Å²) in [5, 5.41) is 27.0. The van der Waals surface area contributed by atoms with Crippen LogP contribution in [-0.4, -0.2) is 51.4 Å². The number of rotatable bonds is 8. The van der Waals surface area contributed by atoms with E-state index in [9.17, 15) is 18.8 Å². The van der Waals surface area contributed by atoms with E-state index in [1.54, 1.807) is 30.3 Å². The van der Waals surface area contributed by atoms with Crippen LogP contribution in [0, 0.1) is 11.6 Å². The number of benzene rings is 1. The zero-order valence-corrected chi connectivity index (χ0v) is 18.4. The van der Waals surface area contributed by atoms with Crippen LogP contribution in [0.1, 0.15) is 0 Å². The number of ether oxygens (including phenoxy) is 1. The molecule has 3 aromatic rings. The lowest BCUT2D eigenvalue weighted by Crippen LogP contribution is -2.33. The maximum atomic E-state index is 14.8. The number of hydrogen-bond donors (Lipinski definition) is 2. The van der Waals surface area contributed by atoms with Crippen LogP contribution in [0.15, 0.2) is 30.7 Å². The third-order valence-electron chi connectivity index (χ3n) is 4.64. The predicted octanol–water partition coefficient (Wildman–Crippen LogP) is 2.22. The van der Waals surface area contributed by atoms with Gasteiger partial charge in [-0.1, -0.05) is 31.8 Å². The molecule has 0 radical (unpaired) electrons. The molecule has 0 aliphatic rings. The highest BCUT2D eigenvalue weighted by atomic mass is 28.3. The Morgan fingerprint density at radius 2 is 1.83 bits per heavy atom. The Labute approximate surface area is 175 Å². The average molecular weight is 434 g/mol. The van der Waals surface area contributed by atoms with Crippen molar-refractivity contribution in [1.29, 1.82) is 0 Å². The van der Waals surface area contributed by atoms with Crippen molar-refractivity contribution in [2.24, 2.45) is 7.05 Å². The summed E-state index contributed by atoms with van der Waals surface area (Å²) in [6.07, 6.45) is 4.90. The molecule has 0 aliphatic heterocycles. The summed E-state index contributed by atoms with van der Waals surface area (Å²) in [7, 11) is -1.59. The second-order valence-corrected chi connectivity index (χ2v) is 14.0. The molecule has 2 N–H and O–H groups in total. The minimum Gasteiger partial charge on any atom is -0.423 e. The summed E-state index contributed by atoms with van der Waals surface area (Å²) in [6.45, 7) is 7.54. The van der Waals surface area contributed by atoms with Crippen LogP contribution in [0.5, 0.6) is 0 Å². The van der Waals surface area contributed by atoms with E-state index in [1.807, 2.05) is 0 Å². The van der Waals surface area contributed by atoms with Crippen molar-refractivity contribution in [3.63, 3.8) is 0 Å². The van der Waals surface area contributed by atoms with Crippen molar-refractivity contribution < 1.29 is 23.6 Å². The molecule has 11 heteroatoms. The average Bonchev–Trinajstić information content (AvgIpc) is 3.26. The van der Waals surface area contributed by atoms with Crippen LogP contribution >= 0.6 is 0 Å². The van der Waals surface area contributed by atoms with Crippen molar-refractivity contribution >= 4 is 20.7 Å². The third kappa shape index (κ3) is 5.04. The lowest BCUT2D eigenvalue weighted by Gasteiger charge is -2.15. The maximum absolute atomic E-state index is 14.8. The first-order valence-electron chi connectivity index (χ1n) is 9.55. The lowest BCUT2D eigenvalue weighted by atomic mass is 9.79. The van der Waals surface area contributed by atoms with Crippen molar-refractivity contribution in [1.82, 2.24) is 19.6 Å². The van der Waals surface area contributed by atoms with Gasteiger partial charge in [0.15, 0.2) is 11.6 Å². The predicted molar refractivity (Wildman–Crippen MR) is 114 cm³/mol. The summed E-state index contributed by atoms with van der Waals surface area (Å²) < 4.78 is 38.0. The monoisotopic (exact) mass is 434 g/mol. The first-order valence-corrected chi connectivity index (χ1v) is 13.3. The molecule has 0 atom stereocenters. The number of hydrogen-bond acceptors (Lipinski definition) is 5. The summed E-state index contributed by atoms with van der Waals surface area (Å²) in [5.41, 5.74) is 0.851. The van der Waals surface area contributed by atoms with Crippen LogP contribution in [-0.2, 0) is 18.5 Å². The van der Waals surface area contributed by atoms with Gasteiger partial charge in [0.25, 0.3) is 0 Å². The van der Waals surface area contributed by atoms with Crippen LogP contribution in [0.2, 0.25) is 25.7 Å². The Morgan fingerprint density at radius 3 is 2.43 bits per heavy atom. The fourth-order valence-corrected chi connectivity index (χ4v) is 3.71. The van der Waals surface area contributed by atoms with Crippen LogP contribution in [0.3, 0.4) is 0 Å². The molecule has 2 heterocycles. The van der Waals surface area contributed by atoms with Gasteiger partial charge in [-0.3, -0.25) is 4.68 Å². The zero-order valence-electron chi connectivity index (χ0n) is 17.4. The fraction of sp³-hybridized carbons (Fsp3) is 0.368. The molecule has 0 saturated heterocycles. The maximum Gasteiger partial charge on any atom is 0.491 e. The minimum absolute atomic E-state index is 0.0379. The van der Waals surface area contributed by atoms with E-state index in [0.29, 0.717) is 23.4 Å². The molecule has 2 aromatic heterocycles. The van der Waals surface area contributed by atoms with E-state index < -0.39 is 32.3 Å². The van der Waals surface area contributed by atoms with Crippen molar-refractivity contribution in [3.8, 4) is 22.4 Å². The molecule has 0 fully saturated rings. The molecule has 7 nitrogen and oxygen atoms in total. The molecule has 1 aromatic carbocycles. The molecular weight excluding hydrogens is 409 g/mol. The second kappa shape index (κ2) is 8.80. The standard InChI is InChI=1S/C19H25BF2N4O3Si/c1-25-10-13(9-23-25)19-15(11-26(24-19)12-29-7-8-30(2,3)4)14-5-6-16(20(27)28)18(22)17(14)21/h5-6,9-11,27-28H,7-8,12H2,1-4H3. The number of aromatic nitrogens is 4. The van der Waals surface area contributed by atoms with E-state index in [4.69, 9.17) is 4.74 Å². The van der Waals surface area contributed by atoms with Crippen LogP contribution < -0.4 is 5.46 Å². The molecule has 30 heavy (non-hydrogen) atoms. The van der Waals surface area contributed by atoms with Crippen LogP contribution in [0.25, 0.3) is 22.4 Å². The van der Waals surface area contributed by atoms with Gasteiger partial charge in [-0.25, -0.2) is 13.5 Å². The molecular formula is C19H25BF2N4O3Si. The van der Waals surface area contributed by atoms with E-state index in [-0.39, 0.29) is 12.3 Å². The molecule has 0 amide bonds. The van der Waals surface area contributed by atoms with Gasteiger partial charge in [0.1, 0.15) is 12.4 Å². The molecule has 3 rings (SSSR count). The SMILES string of the molecule is Cn1cc(-c2nn(COCC[Si](C)(C)C)cc2-c2ccc(B(O)O)c(F)c2F)cn1. The van der Waals surface area contributed by atoms with Gasteiger partial charge in [-0.2, -0.15) is 10.2 Å². The fourth-order valence-electron chi connectivity index (χ4n) is 2.95. The molecule has 0 aliphatic carbocycles. The molecule has 160 valence electrons. The molecule has 0 spiro atoms. The van der Waals surface area contributed by atoms with Gasteiger partial charge in [0.2, 0.25) is 0 Å².